The minimum Gasteiger partial charge on any atom is -0.355 e. The molecule has 1 aromatic carbocycles. The fraction of sp³-hybridized carbons (Fsp3) is 0.368. The van der Waals surface area contributed by atoms with Crippen molar-refractivity contribution < 1.29 is 4.79 Å². The third kappa shape index (κ3) is 3.07. The first-order valence-electron chi connectivity index (χ1n) is 8.00. The SMILES string of the molecule is CNC(=O)c1cccc(N2C[C@@H](c3ccccc3)C(C)(C)C2)n1. The van der Waals surface area contributed by atoms with Crippen molar-refractivity contribution in [2.24, 2.45) is 5.41 Å². The fourth-order valence-electron chi connectivity index (χ4n) is 3.40. The van der Waals surface area contributed by atoms with Gasteiger partial charge >= 0.3 is 0 Å². The maximum absolute atomic E-state index is 11.8. The molecule has 1 N–H and O–H groups in total. The van der Waals surface area contributed by atoms with E-state index in [1.54, 1.807) is 13.1 Å². The summed E-state index contributed by atoms with van der Waals surface area (Å²) in [6, 6.07) is 16.3. The first-order chi connectivity index (χ1) is 11.0. The number of benzene rings is 1. The Labute approximate surface area is 137 Å². The molecule has 0 spiro atoms. The van der Waals surface area contributed by atoms with E-state index < -0.39 is 0 Å². The Kier molecular flexibility index (Phi) is 4.07. The summed E-state index contributed by atoms with van der Waals surface area (Å²) in [5.74, 6) is 1.18. The highest BCUT2D eigenvalue weighted by Crippen LogP contribution is 2.43. The molecule has 1 amide bonds. The fourth-order valence-corrected chi connectivity index (χ4v) is 3.40. The van der Waals surface area contributed by atoms with Gasteiger partial charge in [-0.25, -0.2) is 4.98 Å². The van der Waals surface area contributed by atoms with Gasteiger partial charge in [0.2, 0.25) is 0 Å². The normalized spacial score (nSPS) is 19.6. The molecular weight excluding hydrogens is 286 g/mol. The Morgan fingerprint density at radius 2 is 1.91 bits per heavy atom. The molecule has 1 saturated heterocycles. The Morgan fingerprint density at radius 1 is 1.17 bits per heavy atom. The average Bonchev–Trinajstić information content (AvgIpc) is 2.90. The number of nitrogens with one attached hydrogen (secondary N) is 1. The minimum absolute atomic E-state index is 0.148. The van der Waals surface area contributed by atoms with Crippen LogP contribution in [0, 0.1) is 5.41 Å². The lowest BCUT2D eigenvalue weighted by atomic mass is 9.78. The van der Waals surface area contributed by atoms with Crippen LogP contribution < -0.4 is 10.2 Å². The number of carbonyl (C=O) groups is 1. The van der Waals surface area contributed by atoms with Crippen LogP contribution in [-0.2, 0) is 0 Å². The monoisotopic (exact) mass is 309 g/mol. The summed E-state index contributed by atoms with van der Waals surface area (Å²) in [6.07, 6.45) is 0. The van der Waals surface area contributed by atoms with Gasteiger partial charge in [0.15, 0.2) is 0 Å². The lowest BCUT2D eigenvalue weighted by Gasteiger charge is -2.25. The molecule has 1 atom stereocenters. The Balaban J connectivity index is 1.87. The molecule has 3 rings (SSSR count). The predicted octanol–water partition coefficient (Wildman–Crippen LogP) is 3.07. The summed E-state index contributed by atoms with van der Waals surface area (Å²) in [5, 5.41) is 2.63. The largest absolute Gasteiger partial charge is 0.355 e. The van der Waals surface area contributed by atoms with Gasteiger partial charge in [-0.1, -0.05) is 50.2 Å². The van der Waals surface area contributed by atoms with Gasteiger partial charge in [-0.2, -0.15) is 0 Å². The van der Waals surface area contributed by atoms with Crippen LogP contribution >= 0.6 is 0 Å². The topological polar surface area (TPSA) is 45.2 Å². The van der Waals surface area contributed by atoms with Crippen molar-refractivity contribution in [3.63, 3.8) is 0 Å². The second kappa shape index (κ2) is 6.03. The van der Waals surface area contributed by atoms with Crippen molar-refractivity contribution in [1.29, 1.82) is 0 Å². The summed E-state index contributed by atoms with van der Waals surface area (Å²) in [6.45, 7) is 6.44. The number of rotatable bonds is 3. The van der Waals surface area contributed by atoms with Crippen molar-refractivity contribution in [2.75, 3.05) is 25.0 Å². The molecule has 1 aliphatic rings. The Morgan fingerprint density at radius 3 is 2.61 bits per heavy atom. The number of pyridine rings is 1. The van der Waals surface area contributed by atoms with E-state index in [2.05, 4.69) is 59.4 Å². The van der Waals surface area contributed by atoms with Crippen LogP contribution in [0.25, 0.3) is 0 Å². The highest BCUT2D eigenvalue weighted by molar-refractivity contribution is 5.92. The predicted molar refractivity (Wildman–Crippen MR) is 92.8 cm³/mol. The number of amides is 1. The summed E-state index contributed by atoms with van der Waals surface area (Å²) >= 11 is 0. The summed E-state index contributed by atoms with van der Waals surface area (Å²) < 4.78 is 0. The van der Waals surface area contributed by atoms with Crippen molar-refractivity contribution in [2.45, 2.75) is 19.8 Å². The number of hydrogen-bond donors (Lipinski definition) is 1. The Hall–Kier alpha value is -2.36. The first kappa shape index (κ1) is 15.5. The van der Waals surface area contributed by atoms with E-state index in [1.165, 1.54) is 5.56 Å². The number of anilines is 1. The summed E-state index contributed by atoms with van der Waals surface area (Å²) in [7, 11) is 1.63. The molecule has 0 aliphatic carbocycles. The van der Waals surface area contributed by atoms with Crippen molar-refractivity contribution >= 4 is 11.7 Å². The molecule has 0 bridgehead atoms. The zero-order valence-corrected chi connectivity index (χ0v) is 13.9. The number of nitrogens with zero attached hydrogens (tertiary/aromatic N) is 2. The van der Waals surface area contributed by atoms with Gasteiger partial charge in [-0.05, 0) is 23.1 Å². The minimum atomic E-state index is -0.148. The quantitative estimate of drug-likeness (QED) is 0.948. The lowest BCUT2D eigenvalue weighted by Crippen LogP contribution is -2.25. The van der Waals surface area contributed by atoms with Crippen LogP contribution in [0.2, 0.25) is 0 Å². The molecular formula is C19H23N3O. The third-order valence-corrected chi connectivity index (χ3v) is 4.66. The van der Waals surface area contributed by atoms with E-state index in [-0.39, 0.29) is 11.3 Å². The van der Waals surface area contributed by atoms with Crippen LogP contribution in [0.5, 0.6) is 0 Å². The van der Waals surface area contributed by atoms with Gasteiger partial charge in [0.05, 0.1) is 0 Å². The smallest absolute Gasteiger partial charge is 0.269 e. The van der Waals surface area contributed by atoms with Gasteiger partial charge in [-0.3, -0.25) is 4.79 Å². The van der Waals surface area contributed by atoms with Gasteiger partial charge in [0, 0.05) is 26.1 Å². The third-order valence-electron chi connectivity index (χ3n) is 4.66. The molecule has 1 fully saturated rings. The molecule has 1 aromatic heterocycles. The Bertz CT molecular complexity index is 697. The van der Waals surface area contributed by atoms with Crippen LogP contribution in [0.15, 0.2) is 48.5 Å². The second-order valence-corrected chi connectivity index (χ2v) is 6.79. The summed E-state index contributed by atoms with van der Waals surface area (Å²) in [4.78, 5) is 18.6. The van der Waals surface area contributed by atoms with E-state index in [0.717, 1.165) is 18.9 Å². The maximum atomic E-state index is 11.8. The number of aromatic nitrogens is 1. The van der Waals surface area contributed by atoms with Gasteiger partial charge in [-0.15, -0.1) is 0 Å². The van der Waals surface area contributed by atoms with E-state index in [1.807, 2.05) is 12.1 Å². The lowest BCUT2D eigenvalue weighted by molar-refractivity contribution is 0.0958. The van der Waals surface area contributed by atoms with E-state index >= 15 is 0 Å². The molecule has 23 heavy (non-hydrogen) atoms. The maximum Gasteiger partial charge on any atom is 0.269 e. The highest BCUT2D eigenvalue weighted by Gasteiger charge is 2.40. The van der Waals surface area contributed by atoms with Crippen molar-refractivity contribution in [3.8, 4) is 0 Å². The molecule has 4 nitrogen and oxygen atoms in total. The van der Waals surface area contributed by atoms with Gasteiger partial charge < -0.3 is 10.2 Å². The average molecular weight is 309 g/mol. The highest BCUT2D eigenvalue weighted by atomic mass is 16.1. The molecule has 0 radical (unpaired) electrons. The van der Waals surface area contributed by atoms with Crippen LogP contribution in [0.4, 0.5) is 5.82 Å². The number of carbonyl (C=O) groups excluding carboxylic acids is 1. The van der Waals surface area contributed by atoms with Crippen LogP contribution in [0.1, 0.15) is 35.8 Å². The molecule has 4 heteroatoms. The van der Waals surface area contributed by atoms with Crippen molar-refractivity contribution in [3.05, 3.63) is 59.8 Å². The van der Waals surface area contributed by atoms with Crippen LogP contribution in [0.3, 0.4) is 0 Å². The van der Waals surface area contributed by atoms with E-state index in [4.69, 9.17) is 0 Å². The second-order valence-electron chi connectivity index (χ2n) is 6.79. The molecule has 1 aliphatic heterocycles. The van der Waals surface area contributed by atoms with E-state index in [0.29, 0.717) is 11.6 Å². The first-order valence-corrected chi connectivity index (χ1v) is 8.00. The zero-order chi connectivity index (χ0) is 16.4. The molecule has 0 saturated carbocycles. The summed E-state index contributed by atoms with van der Waals surface area (Å²) in [5.41, 5.74) is 1.99. The standard InChI is InChI=1S/C19H23N3O/c1-19(2)13-22(12-15(19)14-8-5-4-6-9-14)17-11-7-10-16(21-17)18(23)20-3/h4-11,15H,12-13H2,1-3H3,(H,20,23)/t15-/m0/s1. The molecule has 0 unspecified atom stereocenters. The zero-order valence-electron chi connectivity index (χ0n) is 13.9. The van der Waals surface area contributed by atoms with Gasteiger partial charge in [0.25, 0.3) is 5.91 Å². The van der Waals surface area contributed by atoms with E-state index in [9.17, 15) is 4.79 Å². The van der Waals surface area contributed by atoms with Gasteiger partial charge in [0.1, 0.15) is 11.5 Å². The van der Waals surface area contributed by atoms with Crippen molar-refractivity contribution in [1.82, 2.24) is 10.3 Å². The van der Waals surface area contributed by atoms with Crippen LogP contribution in [-0.4, -0.2) is 31.0 Å². The molecule has 2 heterocycles. The molecule has 2 aromatic rings. The molecule has 120 valence electrons. The number of hydrogen-bond acceptors (Lipinski definition) is 3.